The molecule has 2 aromatic rings. The molecule has 2 atom stereocenters. The Morgan fingerprint density at radius 3 is 2.30 bits per heavy atom. The van der Waals surface area contributed by atoms with Crippen molar-refractivity contribution in [3.05, 3.63) is 46.5 Å². The minimum atomic E-state index is 0.295. The molecular formula is C20H24N2S. The molecule has 4 aliphatic carbocycles. The van der Waals surface area contributed by atoms with Gasteiger partial charge >= 0.3 is 0 Å². The van der Waals surface area contributed by atoms with Crippen LogP contribution in [0, 0.1) is 18.8 Å². The fourth-order valence-electron chi connectivity index (χ4n) is 6.34. The van der Waals surface area contributed by atoms with Crippen molar-refractivity contribution in [3.8, 4) is 0 Å². The van der Waals surface area contributed by atoms with E-state index in [4.69, 9.17) is 10.7 Å². The van der Waals surface area contributed by atoms with Gasteiger partial charge in [-0.25, -0.2) is 4.98 Å². The first-order valence-corrected chi connectivity index (χ1v) is 9.74. The molecule has 2 N–H and O–H groups in total. The standard InChI is InChI=1S/C20H24N2S/c1-13-2-4-16(5-3-13)19-7-14-6-15(8-19)10-20(9-14,12-19)17-11-23-18(21)22-17/h2-5,11,14-15H,6-10,12H2,1H3,(H2,21,22). The number of nitrogen functional groups attached to an aromatic ring is 1. The average Bonchev–Trinajstić information content (AvgIpc) is 2.94. The highest BCUT2D eigenvalue weighted by Gasteiger charge is 2.59. The Morgan fingerprint density at radius 2 is 1.70 bits per heavy atom. The Morgan fingerprint density at radius 1 is 1.04 bits per heavy atom. The van der Waals surface area contributed by atoms with Crippen LogP contribution >= 0.6 is 11.3 Å². The second-order valence-corrected chi connectivity index (χ2v) is 9.35. The van der Waals surface area contributed by atoms with Gasteiger partial charge in [0.15, 0.2) is 5.13 Å². The largest absolute Gasteiger partial charge is 0.375 e. The van der Waals surface area contributed by atoms with Gasteiger partial charge in [-0.15, -0.1) is 11.3 Å². The van der Waals surface area contributed by atoms with Gasteiger partial charge in [-0.3, -0.25) is 0 Å². The molecule has 0 spiro atoms. The zero-order valence-corrected chi connectivity index (χ0v) is 14.5. The molecule has 4 fully saturated rings. The van der Waals surface area contributed by atoms with Crippen molar-refractivity contribution in [2.45, 2.75) is 56.3 Å². The van der Waals surface area contributed by atoms with Crippen LogP contribution < -0.4 is 5.73 Å². The number of benzene rings is 1. The molecule has 1 heterocycles. The van der Waals surface area contributed by atoms with Gasteiger partial charge in [0.05, 0.1) is 5.69 Å². The number of hydrogen-bond acceptors (Lipinski definition) is 3. The zero-order valence-electron chi connectivity index (χ0n) is 13.7. The number of rotatable bonds is 2. The molecule has 4 aliphatic rings. The third-order valence-electron chi connectivity index (χ3n) is 6.79. The van der Waals surface area contributed by atoms with Gasteiger partial charge in [0.2, 0.25) is 0 Å². The lowest BCUT2D eigenvalue weighted by Gasteiger charge is -2.62. The molecule has 1 aromatic heterocycles. The Balaban J connectivity index is 1.61. The summed E-state index contributed by atoms with van der Waals surface area (Å²) in [5, 5.41) is 2.98. The SMILES string of the molecule is Cc1ccc(C23CC4CC(C2)CC(c2csc(N)n2)(C4)C3)cc1. The van der Waals surface area contributed by atoms with E-state index in [2.05, 4.69) is 36.6 Å². The zero-order chi connectivity index (χ0) is 15.7. The molecule has 2 unspecified atom stereocenters. The lowest BCUT2D eigenvalue weighted by atomic mass is 9.42. The second kappa shape index (κ2) is 4.60. The normalized spacial score (nSPS) is 38.1. The quantitative estimate of drug-likeness (QED) is 0.860. The van der Waals surface area contributed by atoms with Gasteiger partial charge in [0.25, 0.3) is 0 Å². The molecule has 0 radical (unpaired) electrons. The summed E-state index contributed by atoms with van der Waals surface area (Å²) in [6.45, 7) is 2.18. The number of nitrogens with zero attached hydrogens (tertiary/aromatic N) is 1. The van der Waals surface area contributed by atoms with Crippen LogP contribution in [-0.2, 0) is 10.8 Å². The van der Waals surface area contributed by atoms with Crippen LogP contribution in [0.1, 0.15) is 55.3 Å². The van der Waals surface area contributed by atoms with Crippen molar-refractivity contribution < 1.29 is 0 Å². The van der Waals surface area contributed by atoms with Crippen molar-refractivity contribution in [2.75, 3.05) is 5.73 Å². The van der Waals surface area contributed by atoms with Crippen LogP contribution in [0.15, 0.2) is 29.6 Å². The van der Waals surface area contributed by atoms with Crippen molar-refractivity contribution in [1.29, 1.82) is 0 Å². The van der Waals surface area contributed by atoms with Gasteiger partial charge in [-0.05, 0) is 68.3 Å². The van der Waals surface area contributed by atoms with Gasteiger partial charge in [-0.2, -0.15) is 0 Å². The van der Waals surface area contributed by atoms with Crippen molar-refractivity contribution >= 4 is 16.5 Å². The van der Waals surface area contributed by atoms with E-state index in [1.54, 1.807) is 16.9 Å². The van der Waals surface area contributed by atoms with Crippen molar-refractivity contribution in [3.63, 3.8) is 0 Å². The summed E-state index contributed by atoms with van der Waals surface area (Å²) in [7, 11) is 0. The predicted molar refractivity (Wildman–Crippen MR) is 95.7 cm³/mol. The number of anilines is 1. The van der Waals surface area contributed by atoms with Gasteiger partial charge in [0.1, 0.15) is 0 Å². The number of nitrogens with two attached hydrogens (primary N) is 1. The van der Waals surface area contributed by atoms with E-state index >= 15 is 0 Å². The summed E-state index contributed by atoms with van der Waals surface area (Å²) in [4.78, 5) is 4.74. The van der Waals surface area contributed by atoms with Crippen molar-refractivity contribution in [1.82, 2.24) is 4.98 Å². The first kappa shape index (κ1) is 14.0. The molecule has 3 heteroatoms. The minimum absolute atomic E-state index is 0.295. The van der Waals surface area contributed by atoms with Crippen LogP contribution in [0.4, 0.5) is 5.13 Å². The number of aryl methyl sites for hydroxylation is 1. The van der Waals surface area contributed by atoms with E-state index in [0.717, 1.165) is 17.0 Å². The topological polar surface area (TPSA) is 38.9 Å². The predicted octanol–water partition coefficient (Wildman–Crippen LogP) is 4.82. The Kier molecular flexibility index (Phi) is 2.80. The Hall–Kier alpha value is -1.35. The highest BCUT2D eigenvalue weighted by Crippen LogP contribution is 2.66. The average molecular weight is 324 g/mol. The molecule has 0 aliphatic heterocycles. The first-order chi connectivity index (χ1) is 11.1. The third-order valence-corrected chi connectivity index (χ3v) is 7.46. The highest BCUT2D eigenvalue weighted by atomic mass is 32.1. The summed E-state index contributed by atoms with van der Waals surface area (Å²) >= 11 is 1.62. The fourth-order valence-corrected chi connectivity index (χ4v) is 7.02. The van der Waals surface area contributed by atoms with E-state index in [-0.39, 0.29) is 0 Å². The Labute approximate surface area is 142 Å². The maximum Gasteiger partial charge on any atom is 0.180 e. The van der Waals surface area contributed by atoms with Crippen molar-refractivity contribution in [2.24, 2.45) is 11.8 Å². The summed E-state index contributed by atoms with van der Waals surface area (Å²) in [5.41, 5.74) is 10.9. The van der Waals surface area contributed by atoms with Gasteiger partial charge < -0.3 is 5.73 Å². The van der Waals surface area contributed by atoms with E-state index in [1.807, 2.05) is 0 Å². The van der Waals surface area contributed by atoms with Crippen LogP contribution in [0.3, 0.4) is 0 Å². The molecule has 2 nitrogen and oxygen atoms in total. The van der Waals surface area contributed by atoms with Crippen LogP contribution in [0.25, 0.3) is 0 Å². The van der Waals surface area contributed by atoms with Gasteiger partial charge in [0, 0.05) is 10.8 Å². The molecule has 4 bridgehead atoms. The molecule has 0 saturated heterocycles. The molecular weight excluding hydrogens is 300 g/mol. The summed E-state index contributed by atoms with van der Waals surface area (Å²) < 4.78 is 0. The summed E-state index contributed by atoms with van der Waals surface area (Å²) in [6.07, 6.45) is 8.15. The van der Waals surface area contributed by atoms with E-state index in [9.17, 15) is 0 Å². The maximum absolute atomic E-state index is 5.97. The van der Waals surface area contributed by atoms with Crippen LogP contribution in [0.5, 0.6) is 0 Å². The van der Waals surface area contributed by atoms with Gasteiger partial charge in [-0.1, -0.05) is 29.8 Å². The Bertz CT molecular complexity index is 731. The van der Waals surface area contributed by atoms with E-state index < -0.39 is 0 Å². The second-order valence-electron chi connectivity index (χ2n) is 8.46. The van der Waals surface area contributed by atoms with Crippen LogP contribution in [0.2, 0.25) is 0 Å². The molecule has 120 valence electrons. The molecule has 1 aromatic carbocycles. The molecule has 6 rings (SSSR count). The first-order valence-electron chi connectivity index (χ1n) is 8.86. The minimum Gasteiger partial charge on any atom is -0.375 e. The number of hydrogen-bond donors (Lipinski definition) is 1. The maximum atomic E-state index is 5.97. The lowest BCUT2D eigenvalue weighted by Crippen LogP contribution is -2.56. The summed E-state index contributed by atoms with van der Waals surface area (Å²) in [6, 6.07) is 9.38. The summed E-state index contributed by atoms with van der Waals surface area (Å²) in [5.74, 6) is 1.75. The number of thiazole rings is 1. The molecule has 0 amide bonds. The molecule has 4 saturated carbocycles. The van der Waals surface area contributed by atoms with Crippen LogP contribution in [-0.4, -0.2) is 4.98 Å². The highest BCUT2D eigenvalue weighted by molar-refractivity contribution is 7.13. The number of aromatic nitrogens is 1. The van der Waals surface area contributed by atoms with E-state index in [0.29, 0.717) is 10.8 Å². The van der Waals surface area contributed by atoms with E-state index in [1.165, 1.54) is 49.8 Å². The monoisotopic (exact) mass is 324 g/mol. The smallest absolute Gasteiger partial charge is 0.180 e. The fraction of sp³-hybridized carbons (Fsp3) is 0.550. The molecule has 23 heavy (non-hydrogen) atoms. The third kappa shape index (κ3) is 2.02. The lowest BCUT2D eigenvalue weighted by molar-refractivity contribution is -0.0296.